The first-order chi connectivity index (χ1) is 8.11. The number of amides is 1. The maximum Gasteiger partial charge on any atom is 0.278 e. The summed E-state index contributed by atoms with van der Waals surface area (Å²) in [4.78, 5) is 11.3. The van der Waals surface area contributed by atoms with Crippen molar-refractivity contribution in [3.8, 4) is 5.75 Å². The lowest BCUT2D eigenvalue weighted by molar-refractivity contribution is -0.123. The van der Waals surface area contributed by atoms with E-state index in [4.69, 9.17) is 22.1 Å². The van der Waals surface area contributed by atoms with Gasteiger partial charge in [0.05, 0.1) is 0 Å². The van der Waals surface area contributed by atoms with Gasteiger partial charge in [-0.15, -0.1) is 29.1 Å². The van der Waals surface area contributed by atoms with Gasteiger partial charge in [-0.05, 0) is 30.5 Å². The lowest BCUT2D eigenvalue weighted by atomic mass is 10.3. The summed E-state index contributed by atoms with van der Waals surface area (Å²) in [5, 5.41) is 4.52. The van der Waals surface area contributed by atoms with Crippen molar-refractivity contribution in [2.45, 2.75) is 0 Å². The first-order valence-electron chi connectivity index (χ1n) is 4.66. The normalized spacial score (nSPS) is 10.4. The molecule has 0 spiro atoms. The lowest BCUT2D eigenvalue weighted by Crippen LogP contribution is -2.26. The van der Waals surface area contributed by atoms with Crippen molar-refractivity contribution in [3.63, 3.8) is 0 Å². The van der Waals surface area contributed by atoms with Crippen LogP contribution in [0.5, 0.6) is 5.75 Å². The molecule has 0 heterocycles. The monoisotopic (exact) mass is 401 g/mol. The van der Waals surface area contributed by atoms with Crippen LogP contribution >= 0.6 is 47.3 Å². The topological polar surface area (TPSA) is 76.7 Å². The number of nitrogens with two attached hydrogens (primary N) is 1. The van der Waals surface area contributed by atoms with E-state index in [1.54, 1.807) is 30.5 Å². The quantitative estimate of drug-likeness (QED) is 0.350. The summed E-state index contributed by atoms with van der Waals surface area (Å²) in [5.41, 5.74) is 7.66. The van der Waals surface area contributed by atoms with E-state index in [1.165, 1.54) is 11.8 Å². The predicted molar refractivity (Wildman–Crippen MR) is 85.6 cm³/mol. The molecular weight excluding hydrogens is 389 g/mol. The molecule has 0 radical (unpaired) electrons. The number of thioether (sulfide) groups is 1. The van der Waals surface area contributed by atoms with E-state index in [0.717, 1.165) is 0 Å². The highest BCUT2D eigenvalue weighted by molar-refractivity contribution is 14.0. The van der Waals surface area contributed by atoms with Crippen molar-refractivity contribution in [1.82, 2.24) is 5.43 Å². The van der Waals surface area contributed by atoms with E-state index in [1.807, 2.05) is 0 Å². The summed E-state index contributed by atoms with van der Waals surface area (Å²) in [6.07, 6.45) is 1.76. The fourth-order valence-corrected chi connectivity index (χ4v) is 1.14. The summed E-state index contributed by atoms with van der Waals surface area (Å²) in [5.74, 6) is 0.184. The van der Waals surface area contributed by atoms with Gasteiger partial charge >= 0.3 is 0 Å². The molecule has 0 fully saturated rings. The Bertz CT molecular complexity index is 414. The number of ether oxygens (including phenoxy) is 1. The SMILES string of the molecule is CS/C(N)=N\NC(=O)COc1ccc(Cl)cc1.I. The average molecular weight is 402 g/mol. The van der Waals surface area contributed by atoms with Crippen LogP contribution in [0.4, 0.5) is 0 Å². The van der Waals surface area contributed by atoms with Crippen LogP contribution in [0.15, 0.2) is 29.4 Å². The number of nitrogens with one attached hydrogen (secondary N) is 1. The van der Waals surface area contributed by atoms with Crippen molar-refractivity contribution in [1.29, 1.82) is 0 Å². The fraction of sp³-hybridized carbons (Fsp3) is 0.200. The van der Waals surface area contributed by atoms with Crippen LogP contribution in [-0.2, 0) is 4.79 Å². The van der Waals surface area contributed by atoms with Gasteiger partial charge in [-0.1, -0.05) is 23.4 Å². The van der Waals surface area contributed by atoms with Crippen molar-refractivity contribution < 1.29 is 9.53 Å². The number of rotatable bonds is 4. The van der Waals surface area contributed by atoms with Crippen LogP contribution in [0.2, 0.25) is 5.02 Å². The number of carbonyl (C=O) groups is 1. The van der Waals surface area contributed by atoms with Crippen molar-refractivity contribution in [2.24, 2.45) is 10.8 Å². The second-order valence-electron chi connectivity index (χ2n) is 2.93. The van der Waals surface area contributed by atoms with Gasteiger partial charge in [0.2, 0.25) is 0 Å². The highest BCUT2D eigenvalue weighted by Gasteiger charge is 2.01. The first kappa shape index (κ1) is 17.3. The van der Waals surface area contributed by atoms with Gasteiger partial charge in [0.1, 0.15) is 5.75 Å². The second-order valence-corrected chi connectivity index (χ2v) is 4.19. The molecule has 5 nitrogen and oxygen atoms in total. The number of carbonyl (C=O) groups excluding carboxylic acids is 1. The zero-order valence-corrected chi connectivity index (χ0v) is 13.5. The molecule has 0 saturated carbocycles. The summed E-state index contributed by atoms with van der Waals surface area (Å²) in [6, 6.07) is 6.71. The molecule has 18 heavy (non-hydrogen) atoms. The van der Waals surface area contributed by atoms with Crippen molar-refractivity contribution in [3.05, 3.63) is 29.3 Å². The molecule has 3 N–H and O–H groups in total. The maximum absolute atomic E-state index is 11.3. The molecule has 1 rings (SSSR count). The molecule has 0 unspecified atom stereocenters. The molecule has 0 atom stereocenters. The molecule has 0 aliphatic rings. The molecule has 1 amide bonds. The van der Waals surface area contributed by atoms with Crippen LogP contribution in [0, 0.1) is 0 Å². The van der Waals surface area contributed by atoms with Gasteiger partial charge in [-0.2, -0.15) is 0 Å². The van der Waals surface area contributed by atoms with Crippen LogP contribution in [0.3, 0.4) is 0 Å². The van der Waals surface area contributed by atoms with Gasteiger partial charge in [0.15, 0.2) is 11.8 Å². The zero-order chi connectivity index (χ0) is 12.7. The Morgan fingerprint density at radius 1 is 1.50 bits per heavy atom. The molecule has 0 bridgehead atoms. The number of hydrazone groups is 1. The predicted octanol–water partition coefficient (Wildman–Crippen LogP) is 2.05. The highest BCUT2D eigenvalue weighted by Crippen LogP contribution is 2.15. The molecule has 0 aliphatic carbocycles. The van der Waals surface area contributed by atoms with Crippen molar-refractivity contribution in [2.75, 3.05) is 12.9 Å². The lowest BCUT2D eigenvalue weighted by Gasteiger charge is -2.04. The Kier molecular flexibility index (Phi) is 8.94. The zero-order valence-electron chi connectivity index (χ0n) is 9.55. The van der Waals surface area contributed by atoms with Crippen LogP contribution in [-0.4, -0.2) is 23.9 Å². The maximum atomic E-state index is 11.3. The third-order valence-electron chi connectivity index (χ3n) is 1.68. The van der Waals surface area contributed by atoms with Gasteiger partial charge in [0, 0.05) is 5.02 Å². The molecular formula is C10H13ClIN3O2S. The molecule has 0 aliphatic heterocycles. The van der Waals surface area contributed by atoms with E-state index in [0.29, 0.717) is 10.8 Å². The van der Waals surface area contributed by atoms with E-state index in [-0.39, 0.29) is 41.7 Å². The minimum absolute atomic E-state index is 0. The number of hydrogen-bond acceptors (Lipinski definition) is 4. The molecule has 0 saturated heterocycles. The Hall–Kier alpha value is -0.670. The fourth-order valence-electron chi connectivity index (χ4n) is 0.875. The van der Waals surface area contributed by atoms with Gasteiger partial charge in [-0.3, -0.25) is 4.79 Å². The van der Waals surface area contributed by atoms with Crippen LogP contribution in [0.1, 0.15) is 0 Å². The van der Waals surface area contributed by atoms with E-state index >= 15 is 0 Å². The minimum atomic E-state index is -0.378. The number of amidine groups is 1. The third-order valence-corrected chi connectivity index (χ3v) is 2.45. The summed E-state index contributed by atoms with van der Waals surface area (Å²) in [7, 11) is 0. The van der Waals surface area contributed by atoms with Crippen LogP contribution < -0.4 is 15.9 Å². The second kappa shape index (κ2) is 9.29. The first-order valence-corrected chi connectivity index (χ1v) is 6.26. The summed E-state index contributed by atoms with van der Waals surface area (Å²) < 4.78 is 5.20. The van der Waals surface area contributed by atoms with Gasteiger partial charge in [-0.25, -0.2) is 5.43 Å². The van der Waals surface area contributed by atoms with E-state index < -0.39 is 0 Å². The third kappa shape index (κ3) is 6.92. The molecule has 8 heteroatoms. The molecule has 0 aromatic heterocycles. The smallest absolute Gasteiger partial charge is 0.278 e. The number of hydrogen-bond donors (Lipinski definition) is 2. The standard InChI is InChI=1S/C10H12ClN3O2S.HI/c1-17-10(12)14-13-9(15)6-16-8-4-2-7(11)3-5-8;/h2-5H,6H2,1H3,(H2,12,14)(H,13,15);1H. The largest absolute Gasteiger partial charge is 0.484 e. The molecule has 100 valence electrons. The summed E-state index contributed by atoms with van der Waals surface area (Å²) >= 11 is 6.95. The number of nitrogens with zero attached hydrogens (tertiary/aromatic N) is 1. The van der Waals surface area contributed by atoms with Crippen LogP contribution in [0.25, 0.3) is 0 Å². The minimum Gasteiger partial charge on any atom is -0.484 e. The number of halogens is 2. The van der Waals surface area contributed by atoms with Gasteiger partial charge in [0.25, 0.3) is 5.91 Å². The van der Waals surface area contributed by atoms with E-state index in [9.17, 15) is 4.79 Å². The van der Waals surface area contributed by atoms with Gasteiger partial charge < -0.3 is 10.5 Å². The Morgan fingerprint density at radius 2 is 2.11 bits per heavy atom. The Morgan fingerprint density at radius 3 is 2.67 bits per heavy atom. The van der Waals surface area contributed by atoms with Crippen molar-refractivity contribution >= 4 is 58.4 Å². The Labute approximate surface area is 131 Å². The summed E-state index contributed by atoms with van der Waals surface area (Å²) in [6.45, 7) is -0.132. The number of benzene rings is 1. The Balaban J connectivity index is 0.00000289. The molecule has 1 aromatic rings. The highest BCUT2D eigenvalue weighted by atomic mass is 127. The van der Waals surface area contributed by atoms with E-state index in [2.05, 4.69) is 10.5 Å². The molecule has 1 aromatic carbocycles. The average Bonchev–Trinajstić information content (AvgIpc) is 2.35.